The van der Waals surface area contributed by atoms with Gasteiger partial charge in [-0.1, -0.05) is 0 Å². The van der Waals surface area contributed by atoms with Gasteiger partial charge in [-0.05, 0) is 30.3 Å². The molecular formula is C16H11F2N3O2S. The molecule has 0 aliphatic heterocycles. The third kappa shape index (κ3) is 3.44. The monoisotopic (exact) mass is 347 g/mol. The number of hydrogen-bond donors (Lipinski definition) is 2. The highest BCUT2D eigenvalue weighted by atomic mass is 32.1. The summed E-state index contributed by atoms with van der Waals surface area (Å²) in [6.07, 6.45) is 1.39. The van der Waals surface area contributed by atoms with E-state index in [0.29, 0.717) is 5.69 Å². The zero-order valence-electron chi connectivity index (χ0n) is 12.1. The van der Waals surface area contributed by atoms with Crippen LogP contribution in [0.3, 0.4) is 0 Å². The predicted molar refractivity (Wildman–Crippen MR) is 85.3 cm³/mol. The van der Waals surface area contributed by atoms with Crippen molar-refractivity contribution in [3.8, 4) is 11.3 Å². The Morgan fingerprint density at radius 2 is 1.96 bits per heavy atom. The number of benzene rings is 1. The van der Waals surface area contributed by atoms with Crippen molar-refractivity contribution in [2.24, 2.45) is 0 Å². The SMILES string of the molecule is O=C(Nc1nc(-c2ccncc2)cs1)C(O)c1cc(F)ccc1F. The summed E-state index contributed by atoms with van der Waals surface area (Å²) in [6.45, 7) is 0. The Balaban J connectivity index is 1.75. The number of rotatable bonds is 4. The maximum Gasteiger partial charge on any atom is 0.259 e. The number of halogens is 2. The van der Waals surface area contributed by atoms with Gasteiger partial charge in [-0.2, -0.15) is 0 Å². The van der Waals surface area contributed by atoms with Crippen molar-refractivity contribution in [1.82, 2.24) is 9.97 Å². The summed E-state index contributed by atoms with van der Waals surface area (Å²) < 4.78 is 26.8. The highest BCUT2D eigenvalue weighted by Crippen LogP contribution is 2.26. The van der Waals surface area contributed by atoms with Gasteiger partial charge >= 0.3 is 0 Å². The molecule has 0 aliphatic rings. The molecule has 3 aromatic rings. The molecule has 0 bridgehead atoms. The van der Waals surface area contributed by atoms with Crippen LogP contribution in [-0.2, 0) is 4.79 Å². The van der Waals surface area contributed by atoms with E-state index in [4.69, 9.17) is 0 Å². The summed E-state index contributed by atoms with van der Waals surface area (Å²) in [5.74, 6) is -2.50. The lowest BCUT2D eigenvalue weighted by Crippen LogP contribution is -2.21. The van der Waals surface area contributed by atoms with Crippen molar-refractivity contribution in [1.29, 1.82) is 0 Å². The largest absolute Gasteiger partial charge is 0.378 e. The summed E-state index contributed by atoms with van der Waals surface area (Å²) in [4.78, 5) is 20.1. The van der Waals surface area contributed by atoms with Gasteiger partial charge < -0.3 is 5.11 Å². The minimum atomic E-state index is -1.84. The Labute approximate surface area is 139 Å². The van der Waals surface area contributed by atoms with Crippen LogP contribution in [-0.4, -0.2) is 21.0 Å². The number of aliphatic hydroxyl groups excluding tert-OH is 1. The van der Waals surface area contributed by atoms with Crippen LogP contribution in [0, 0.1) is 11.6 Å². The van der Waals surface area contributed by atoms with Crippen LogP contribution in [0.2, 0.25) is 0 Å². The average molecular weight is 347 g/mol. The van der Waals surface area contributed by atoms with Gasteiger partial charge in [-0.25, -0.2) is 13.8 Å². The molecule has 2 N–H and O–H groups in total. The van der Waals surface area contributed by atoms with E-state index < -0.39 is 29.2 Å². The molecule has 0 fully saturated rings. The van der Waals surface area contributed by atoms with Gasteiger partial charge in [0.15, 0.2) is 11.2 Å². The Hall–Kier alpha value is -2.71. The molecule has 24 heavy (non-hydrogen) atoms. The van der Waals surface area contributed by atoms with Crippen LogP contribution in [0.4, 0.5) is 13.9 Å². The maximum absolute atomic E-state index is 13.6. The van der Waals surface area contributed by atoms with Crippen LogP contribution in [0.5, 0.6) is 0 Å². The summed E-state index contributed by atoms with van der Waals surface area (Å²) >= 11 is 1.15. The second-order valence-corrected chi connectivity index (χ2v) is 5.69. The lowest BCUT2D eigenvalue weighted by molar-refractivity contribution is -0.124. The molecule has 1 atom stereocenters. The smallest absolute Gasteiger partial charge is 0.259 e. The zero-order chi connectivity index (χ0) is 17.1. The highest BCUT2D eigenvalue weighted by molar-refractivity contribution is 7.14. The number of carbonyl (C=O) groups excluding carboxylic acids is 1. The van der Waals surface area contributed by atoms with Gasteiger partial charge in [-0.3, -0.25) is 15.1 Å². The fraction of sp³-hybridized carbons (Fsp3) is 0.0625. The molecule has 0 spiro atoms. The first-order valence-corrected chi connectivity index (χ1v) is 7.72. The fourth-order valence-corrected chi connectivity index (χ4v) is 2.75. The first-order valence-electron chi connectivity index (χ1n) is 6.84. The number of anilines is 1. The molecule has 0 aliphatic carbocycles. The lowest BCUT2D eigenvalue weighted by atomic mass is 10.1. The normalized spacial score (nSPS) is 12.0. The van der Waals surface area contributed by atoms with Gasteiger partial charge in [0.05, 0.1) is 5.69 Å². The van der Waals surface area contributed by atoms with Crippen molar-refractivity contribution < 1.29 is 18.7 Å². The molecule has 122 valence electrons. The predicted octanol–water partition coefficient (Wildman–Crippen LogP) is 3.16. The number of nitrogens with zero attached hydrogens (tertiary/aromatic N) is 2. The van der Waals surface area contributed by atoms with E-state index in [0.717, 1.165) is 35.1 Å². The van der Waals surface area contributed by atoms with E-state index in [9.17, 15) is 18.7 Å². The Morgan fingerprint density at radius 1 is 1.21 bits per heavy atom. The number of nitrogens with one attached hydrogen (secondary N) is 1. The molecular weight excluding hydrogens is 336 g/mol. The molecule has 8 heteroatoms. The summed E-state index contributed by atoms with van der Waals surface area (Å²) in [5, 5.41) is 14.3. The topological polar surface area (TPSA) is 75.1 Å². The Morgan fingerprint density at radius 3 is 2.71 bits per heavy atom. The highest BCUT2D eigenvalue weighted by Gasteiger charge is 2.22. The first kappa shape index (κ1) is 16.2. The summed E-state index contributed by atoms with van der Waals surface area (Å²) in [5.41, 5.74) is 1.01. The van der Waals surface area contributed by atoms with E-state index in [1.807, 2.05) is 0 Å². The number of amides is 1. The van der Waals surface area contributed by atoms with Crippen LogP contribution in [0.1, 0.15) is 11.7 Å². The molecule has 5 nitrogen and oxygen atoms in total. The third-order valence-electron chi connectivity index (χ3n) is 3.21. The second kappa shape index (κ2) is 6.81. The van der Waals surface area contributed by atoms with Crippen molar-refractivity contribution in [2.75, 3.05) is 5.32 Å². The number of aromatic nitrogens is 2. The van der Waals surface area contributed by atoms with Gasteiger partial charge in [0.1, 0.15) is 11.6 Å². The fourth-order valence-electron chi connectivity index (χ4n) is 2.03. The minimum Gasteiger partial charge on any atom is -0.378 e. The lowest BCUT2D eigenvalue weighted by Gasteiger charge is -2.11. The molecule has 3 rings (SSSR count). The van der Waals surface area contributed by atoms with E-state index >= 15 is 0 Å². The molecule has 2 aromatic heterocycles. The number of carbonyl (C=O) groups is 1. The van der Waals surface area contributed by atoms with Gasteiger partial charge in [0.25, 0.3) is 5.91 Å². The number of aliphatic hydroxyl groups is 1. The molecule has 0 saturated heterocycles. The molecule has 2 heterocycles. The number of thiazole rings is 1. The van der Waals surface area contributed by atoms with Crippen molar-refractivity contribution in [3.05, 3.63) is 65.3 Å². The van der Waals surface area contributed by atoms with Crippen molar-refractivity contribution in [2.45, 2.75) is 6.10 Å². The van der Waals surface area contributed by atoms with Crippen LogP contribution >= 0.6 is 11.3 Å². The molecule has 1 aromatic carbocycles. The van der Waals surface area contributed by atoms with E-state index in [1.165, 1.54) is 0 Å². The zero-order valence-corrected chi connectivity index (χ0v) is 12.9. The molecule has 0 radical (unpaired) electrons. The van der Waals surface area contributed by atoms with Gasteiger partial charge in [-0.15, -0.1) is 11.3 Å². The quantitative estimate of drug-likeness (QED) is 0.760. The number of hydrogen-bond acceptors (Lipinski definition) is 5. The molecule has 0 saturated carbocycles. The van der Waals surface area contributed by atoms with E-state index in [1.54, 1.807) is 29.9 Å². The van der Waals surface area contributed by atoms with Crippen LogP contribution in [0.25, 0.3) is 11.3 Å². The molecule has 1 unspecified atom stereocenters. The standard InChI is InChI=1S/C16H11F2N3O2S/c17-10-1-2-12(18)11(7-10)14(22)15(23)21-16-20-13(8-24-16)9-3-5-19-6-4-9/h1-8,14,22H,(H,20,21,23). The van der Waals surface area contributed by atoms with Crippen LogP contribution < -0.4 is 5.32 Å². The molecule has 1 amide bonds. The Bertz CT molecular complexity index is 871. The third-order valence-corrected chi connectivity index (χ3v) is 3.97. The average Bonchev–Trinajstić information content (AvgIpc) is 3.05. The maximum atomic E-state index is 13.6. The second-order valence-electron chi connectivity index (χ2n) is 4.83. The van der Waals surface area contributed by atoms with Crippen LogP contribution in [0.15, 0.2) is 48.1 Å². The van der Waals surface area contributed by atoms with E-state index in [-0.39, 0.29) is 5.13 Å². The minimum absolute atomic E-state index is 0.239. The Kier molecular flexibility index (Phi) is 4.59. The van der Waals surface area contributed by atoms with Crippen molar-refractivity contribution >= 4 is 22.4 Å². The summed E-state index contributed by atoms with van der Waals surface area (Å²) in [6, 6.07) is 6.07. The van der Waals surface area contributed by atoms with Crippen molar-refractivity contribution in [3.63, 3.8) is 0 Å². The van der Waals surface area contributed by atoms with Gasteiger partial charge in [0.2, 0.25) is 0 Å². The first-order chi connectivity index (χ1) is 11.5. The van der Waals surface area contributed by atoms with Gasteiger partial charge in [0, 0.05) is 28.9 Å². The number of pyridine rings is 1. The summed E-state index contributed by atoms with van der Waals surface area (Å²) in [7, 11) is 0. The van der Waals surface area contributed by atoms with E-state index in [2.05, 4.69) is 15.3 Å².